The van der Waals surface area contributed by atoms with Gasteiger partial charge in [-0.15, -0.1) is 12.4 Å². The smallest absolute Gasteiger partial charge is 0.254 e. The Hall–Kier alpha value is -1.07. The summed E-state index contributed by atoms with van der Waals surface area (Å²) in [5, 5.41) is 7.28. The first-order valence-corrected chi connectivity index (χ1v) is 6.97. The molecule has 1 heterocycles. The van der Waals surface area contributed by atoms with Crippen molar-refractivity contribution in [3.05, 3.63) is 17.5 Å². The summed E-state index contributed by atoms with van der Waals surface area (Å²) in [5.41, 5.74) is 6.99. The molecule has 0 fully saturated rings. The third-order valence-electron chi connectivity index (χ3n) is 3.00. The van der Waals surface area contributed by atoms with Crippen molar-refractivity contribution in [2.75, 3.05) is 13.1 Å². The highest BCUT2D eigenvalue weighted by molar-refractivity contribution is 5.95. The van der Waals surface area contributed by atoms with Gasteiger partial charge in [-0.2, -0.15) is 5.10 Å². The molecule has 1 aromatic heterocycles. The Balaban J connectivity index is 0.00000361. The summed E-state index contributed by atoms with van der Waals surface area (Å²) < 4.78 is 1.93. The minimum Gasteiger partial charge on any atom is -0.352 e. The van der Waals surface area contributed by atoms with Crippen molar-refractivity contribution in [3.63, 3.8) is 0 Å². The molecule has 0 aliphatic rings. The number of unbranched alkanes of at least 4 members (excludes halogenated alkanes) is 1. The van der Waals surface area contributed by atoms with E-state index < -0.39 is 0 Å². The summed E-state index contributed by atoms with van der Waals surface area (Å²) in [4.78, 5) is 12.1. The zero-order valence-electron chi connectivity index (χ0n) is 12.9. The van der Waals surface area contributed by atoms with Gasteiger partial charge in [0.15, 0.2) is 0 Å². The summed E-state index contributed by atoms with van der Waals surface area (Å²) in [6.07, 6.45) is 4.31. The highest BCUT2D eigenvalue weighted by Crippen LogP contribution is 2.19. The second-order valence-corrected chi connectivity index (χ2v) is 5.69. The van der Waals surface area contributed by atoms with Crippen molar-refractivity contribution in [3.8, 4) is 0 Å². The molecule has 116 valence electrons. The van der Waals surface area contributed by atoms with E-state index in [-0.39, 0.29) is 23.9 Å². The number of carbonyl (C=O) groups is 1. The fourth-order valence-corrected chi connectivity index (χ4v) is 2.05. The number of hydrogen-bond acceptors (Lipinski definition) is 3. The summed E-state index contributed by atoms with van der Waals surface area (Å²) in [5.74, 6) is -0.0376. The maximum Gasteiger partial charge on any atom is 0.254 e. The van der Waals surface area contributed by atoms with Crippen molar-refractivity contribution < 1.29 is 4.79 Å². The van der Waals surface area contributed by atoms with E-state index in [0.717, 1.165) is 25.0 Å². The molecule has 1 amide bonds. The third-order valence-corrected chi connectivity index (χ3v) is 3.00. The highest BCUT2D eigenvalue weighted by Gasteiger charge is 2.22. The lowest BCUT2D eigenvalue weighted by atomic mass is 10.1. The Morgan fingerprint density at radius 2 is 2.05 bits per heavy atom. The number of aromatic nitrogens is 2. The molecule has 0 saturated heterocycles. The SMILES string of the molecule is CCc1c(C(=O)NCCCCN)cnn1C(C)(C)C.Cl. The number of carbonyl (C=O) groups excluding carboxylic acids is 1. The summed E-state index contributed by atoms with van der Waals surface area (Å²) in [6.45, 7) is 9.63. The number of hydrogen-bond donors (Lipinski definition) is 2. The van der Waals surface area contributed by atoms with Crippen molar-refractivity contribution in [2.45, 2.75) is 52.5 Å². The molecule has 0 unspecified atom stereocenters. The van der Waals surface area contributed by atoms with Gasteiger partial charge in [-0.05, 0) is 46.6 Å². The van der Waals surface area contributed by atoms with Crippen LogP contribution >= 0.6 is 12.4 Å². The number of amides is 1. The van der Waals surface area contributed by atoms with E-state index in [1.807, 2.05) is 11.6 Å². The lowest BCUT2D eigenvalue weighted by Crippen LogP contribution is -2.28. The first-order chi connectivity index (χ1) is 8.91. The monoisotopic (exact) mass is 302 g/mol. The van der Waals surface area contributed by atoms with E-state index in [2.05, 4.69) is 31.2 Å². The second kappa shape index (κ2) is 8.27. The molecule has 0 aliphatic carbocycles. The fraction of sp³-hybridized carbons (Fsp3) is 0.714. The van der Waals surface area contributed by atoms with Gasteiger partial charge in [0.25, 0.3) is 5.91 Å². The maximum absolute atomic E-state index is 12.1. The van der Waals surface area contributed by atoms with Gasteiger partial charge in [0.1, 0.15) is 0 Å². The molecule has 20 heavy (non-hydrogen) atoms. The minimum atomic E-state index is -0.108. The average molecular weight is 303 g/mol. The number of nitrogens with one attached hydrogen (secondary N) is 1. The largest absolute Gasteiger partial charge is 0.352 e. The molecule has 0 aliphatic heterocycles. The van der Waals surface area contributed by atoms with Gasteiger partial charge in [-0.1, -0.05) is 6.92 Å². The molecule has 0 atom stereocenters. The minimum absolute atomic E-state index is 0. The van der Waals surface area contributed by atoms with E-state index >= 15 is 0 Å². The third kappa shape index (κ3) is 4.80. The van der Waals surface area contributed by atoms with Gasteiger partial charge in [0.2, 0.25) is 0 Å². The summed E-state index contributed by atoms with van der Waals surface area (Å²) >= 11 is 0. The van der Waals surface area contributed by atoms with Gasteiger partial charge in [0, 0.05) is 6.54 Å². The molecular weight excluding hydrogens is 276 g/mol. The molecule has 1 rings (SSSR count). The Labute approximate surface area is 127 Å². The molecular formula is C14H27ClN4O. The summed E-state index contributed by atoms with van der Waals surface area (Å²) in [6, 6.07) is 0. The van der Waals surface area contributed by atoms with E-state index in [9.17, 15) is 4.79 Å². The fourth-order valence-electron chi connectivity index (χ4n) is 2.05. The van der Waals surface area contributed by atoms with Crippen LogP contribution in [-0.4, -0.2) is 28.8 Å². The Morgan fingerprint density at radius 3 is 2.55 bits per heavy atom. The average Bonchev–Trinajstić information content (AvgIpc) is 2.77. The van der Waals surface area contributed by atoms with E-state index in [0.29, 0.717) is 18.7 Å². The second-order valence-electron chi connectivity index (χ2n) is 5.69. The quantitative estimate of drug-likeness (QED) is 0.790. The van der Waals surface area contributed by atoms with Crippen LogP contribution in [0.1, 0.15) is 56.6 Å². The Bertz CT molecular complexity index is 423. The summed E-state index contributed by atoms with van der Waals surface area (Å²) in [7, 11) is 0. The molecule has 5 nitrogen and oxygen atoms in total. The van der Waals surface area contributed by atoms with Crippen LogP contribution in [0.25, 0.3) is 0 Å². The van der Waals surface area contributed by atoms with Crippen LogP contribution in [-0.2, 0) is 12.0 Å². The standard InChI is InChI=1S/C14H26N4O.ClH/c1-5-12-11(10-17-18(12)14(2,3)4)13(19)16-9-7-6-8-15;/h10H,5-9,15H2,1-4H3,(H,16,19);1H. The molecule has 0 radical (unpaired) electrons. The normalized spacial score (nSPS) is 11.1. The predicted octanol–water partition coefficient (Wildman–Crippen LogP) is 2.09. The predicted molar refractivity (Wildman–Crippen MR) is 84.5 cm³/mol. The van der Waals surface area contributed by atoms with E-state index in [1.54, 1.807) is 6.20 Å². The van der Waals surface area contributed by atoms with Gasteiger partial charge in [-0.25, -0.2) is 0 Å². The molecule has 0 saturated carbocycles. The van der Waals surface area contributed by atoms with Crippen molar-refractivity contribution >= 4 is 18.3 Å². The van der Waals surface area contributed by atoms with Crippen LogP contribution in [0.15, 0.2) is 6.20 Å². The van der Waals surface area contributed by atoms with Crippen LogP contribution in [0.3, 0.4) is 0 Å². The van der Waals surface area contributed by atoms with Gasteiger partial charge in [-0.3, -0.25) is 9.48 Å². The van der Waals surface area contributed by atoms with Gasteiger partial charge < -0.3 is 11.1 Å². The highest BCUT2D eigenvalue weighted by atomic mass is 35.5. The van der Waals surface area contributed by atoms with Crippen LogP contribution in [0, 0.1) is 0 Å². The van der Waals surface area contributed by atoms with E-state index in [4.69, 9.17) is 5.73 Å². The topological polar surface area (TPSA) is 72.9 Å². The number of rotatable bonds is 6. The molecule has 3 N–H and O–H groups in total. The molecule has 6 heteroatoms. The Morgan fingerprint density at radius 1 is 1.40 bits per heavy atom. The van der Waals surface area contributed by atoms with Crippen molar-refractivity contribution in [1.29, 1.82) is 0 Å². The lowest BCUT2D eigenvalue weighted by molar-refractivity contribution is 0.0952. The van der Waals surface area contributed by atoms with Crippen molar-refractivity contribution in [1.82, 2.24) is 15.1 Å². The van der Waals surface area contributed by atoms with Crippen LogP contribution < -0.4 is 11.1 Å². The molecule has 0 bridgehead atoms. The maximum atomic E-state index is 12.1. The zero-order valence-corrected chi connectivity index (χ0v) is 13.7. The first-order valence-electron chi connectivity index (χ1n) is 6.97. The first kappa shape index (κ1) is 18.9. The number of nitrogens with zero attached hydrogens (tertiary/aromatic N) is 2. The molecule has 1 aromatic rings. The van der Waals surface area contributed by atoms with Crippen LogP contribution in [0.2, 0.25) is 0 Å². The lowest BCUT2D eigenvalue weighted by Gasteiger charge is -2.22. The van der Waals surface area contributed by atoms with E-state index in [1.165, 1.54) is 0 Å². The van der Waals surface area contributed by atoms with Crippen molar-refractivity contribution in [2.24, 2.45) is 5.73 Å². The molecule has 0 spiro atoms. The number of halogens is 1. The van der Waals surface area contributed by atoms with Crippen LogP contribution in [0.5, 0.6) is 0 Å². The molecule has 0 aromatic carbocycles. The zero-order chi connectivity index (χ0) is 14.5. The van der Waals surface area contributed by atoms with Crippen LogP contribution in [0.4, 0.5) is 0 Å². The Kier molecular flexibility index (Phi) is 7.83. The number of nitrogens with two attached hydrogens (primary N) is 1. The van der Waals surface area contributed by atoms with Gasteiger partial charge >= 0.3 is 0 Å². The van der Waals surface area contributed by atoms with Gasteiger partial charge in [0.05, 0.1) is 23.0 Å².